The second kappa shape index (κ2) is 8.01. The lowest BCUT2D eigenvalue weighted by Gasteiger charge is -2.29. The van der Waals surface area contributed by atoms with Crippen molar-refractivity contribution in [1.82, 2.24) is 10.2 Å². The molecule has 96 valence electrons. The van der Waals surface area contributed by atoms with E-state index in [-0.39, 0.29) is 0 Å². The third-order valence-corrected chi connectivity index (χ3v) is 2.91. The Hall–Kier alpha value is -0.160. The molecule has 2 atom stereocenters. The van der Waals surface area contributed by atoms with Crippen molar-refractivity contribution in [3.63, 3.8) is 0 Å². The van der Waals surface area contributed by atoms with E-state index in [1.807, 2.05) is 0 Å². The molecule has 1 rings (SSSR count). The standard InChI is InChI=1S/C12H26N2O2/c1-11(8-13-12(2)10-15-3)9-14-4-6-16-7-5-14/h11-13H,4-10H2,1-3H3/t11-,12-/m1/s1. The molecule has 1 heterocycles. The lowest BCUT2D eigenvalue weighted by molar-refractivity contribution is 0.0315. The number of nitrogens with one attached hydrogen (secondary N) is 1. The summed E-state index contributed by atoms with van der Waals surface area (Å²) in [6.07, 6.45) is 0. The average Bonchev–Trinajstić information content (AvgIpc) is 2.28. The van der Waals surface area contributed by atoms with E-state index in [2.05, 4.69) is 24.1 Å². The van der Waals surface area contributed by atoms with Crippen LogP contribution in [0.3, 0.4) is 0 Å². The van der Waals surface area contributed by atoms with E-state index in [1.165, 1.54) is 0 Å². The minimum atomic E-state index is 0.442. The van der Waals surface area contributed by atoms with Gasteiger partial charge in [-0.3, -0.25) is 4.90 Å². The van der Waals surface area contributed by atoms with Crippen molar-refractivity contribution in [2.24, 2.45) is 5.92 Å². The molecule has 1 aliphatic rings. The summed E-state index contributed by atoms with van der Waals surface area (Å²) < 4.78 is 10.4. The summed E-state index contributed by atoms with van der Waals surface area (Å²) in [5.74, 6) is 0.678. The van der Waals surface area contributed by atoms with Gasteiger partial charge in [0.05, 0.1) is 19.8 Å². The van der Waals surface area contributed by atoms with Gasteiger partial charge in [-0.15, -0.1) is 0 Å². The molecular formula is C12H26N2O2. The van der Waals surface area contributed by atoms with E-state index in [0.29, 0.717) is 12.0 Å². The summed E-state index contributed by atoms with van der Waals surface area (Å²) in [6.45, 7) is 11.4. The number of hydrogen-bond donors (Lipinski definition) is 1. The Morgan fingerprint density at radius 1 is 1.31 bits per heavy atom. The van der Waals surface area contributed by atoms with Crippen LogP contribution in [-0.4, -0.2) is 64.1 Å². The van der Waals surface area contributed by atoms with Crippen LogP contribution in [-0.2, 0) is 9.47 Å². The maximum atomic E-state index is 5.34. The largest absolute Gasteiger partial charge is 0.383 e. The van der Waals surface area contributed by atoms with Crippen molar-refractivity contribution in [2.45, 2.75) is 19.9 Å². The van der Waals surface area contributed by atoms with Crippen molar-refractivity contribution in [3.8, 4) is 0 Å². The summed E-state index contributed by atoms with van der Waals surface area (Å²) in [5.41, 5.74) is 0. The van der Waals surface area contributed by atoms with Gasteiger partial charge in [0.1, 0.15) is 0 Å². The first-order valence-corrected chi connectivity index (χ1v) is 6.24. The third-order valence-electron chi connectivity index (χ3n) is 2.91. The first-order valence-electron chi connectivity index (χ1n) is 6.24. The highest BCUT2D eigenvalue weighted by Gasteiger charge is 2.13. The van der Waals surface area contributed by atoms with Crippen LogP contribution in [0.25, 0.3) is 0 Å². The molecule has 0 aromatic carbocycles. The van der Waals surface area contributed by atoms with Crippen LogP contribution in [0, 0.1) is 5.92 Å². The highest BCUT2D eigenvalue weighted by Crippen LogP contribution is 2.02. The topological polar surface area (TPSA) is 33.7 Å². The lowest BCUT2D eigenvalue weighted by Crippen LogP contribution is -2.42. The molecule has 1 fully saturated rings. The molecule has 0 amide bonds. The molecule has 0 radical (unpaired) electrons. The zero-order valence-corrected chi connectivity index (χ0v) is 10.9. The molecule has 0 saturated carbocycles. The Labute approximate surface area is 99.3 Å². The van der Waals surface area contributed by atoms with Crippen molar-refractivity contribution >= 4 is 0 Å². The zero-order valence-electron chi connectivity index (χ0n) is 10.9. The van der Waals surface area contributed by atoms with Crippen molar-refractivity contribution in [1.29, 1.82) is 0 Å². The molecule has 0 spiro atoms. The molecule has 0 bridgehead atoms. The fourth-order valence-electron chi connectivity index (χ4n) is 2.00. The number of ether oxygens (including phenoxy) is 2. The minimum Gasteiger partial charge on any atom is -0.383 e. The van der Waals surface area contributed by atoms with Crippen LogP contribution >= 0.6 is 0 Å². The third kappa shape index (κ3) is 5.80. The summed E-state index contributed by atoms with van der Waals surface area (Å²) in [4.78, 5) is 2.48. The molecule has 0 aromatic rings. The van der Waals surface area contributed by atoms with Gasteiger partial charge in [0.2, 0.25) is 0 Å². The monoisotopic (exact) mass is 230 g/mol. The van der Waals surface area contributed by atoms with Crippen molar-refractivity contribution in [3.05, 3.63) is 0 Å². The second-order valence-corrected chi connectivity index (χ2v) is 4.78. The van der Waals surface area contributed by atoms with Gasteiger partial charge in [-0.05, 0) is 19.4 Å². The number of nitrogens with zero attached hydrogens (tertiary/aromatic N) is 1. The Morgan fingerprint density at radius 2 is 2.00 bits per heavy atom. The van der Waals surface area contributed by atoms with Gasteiger partial charge in [0.25, 0.3) is 0 Å². The summed E-state index contributed by atoms with van der Waals surface area (Å²) in [5, 5.41) is 3.49. The Bertz CT molecular complexity index is 172. The van der Waals surface area contributed by atoms with Gasteiger partial charge < -0.3 is 14.8 Å². The van der Waals surface area contributed by atoms with E-state index in [4.69, 9.17) is 9.47 Å². The second-order valence-electron chi connectivity index (χ2n) is 4.78. The van der Waals surface area contributed by atoms with Crippen molar-refractivity contribution < 1.29 is 9.47 Å². The smallest absolute Gasteiger partial charge is 0.0613 e. The number of hydrogen-bond acceptors (Lipinski definition) is 4. The minimum absolute atomic E-state index is 0.442. The molecule has 1 saturated heterocycles. The fourth-order valence-corrected chi connectivity index (χ4v) is 2.00. The van der Waals surface area contributed by atoms with Crippen LogP contribution in [0.4, 0.5) is 0 Å². The number of methoxy groups -OCH3 is 1. The molecule has 0 aliphatic carbocycles. The van der Waals surface area contributed by atoms with E-state index in [9.17, 15) is 0 Å². The number of rotatable bonds is 7. The molecular weight excluding hydrogens is 204 g/mol. The van der Waals surface area contributed by atoms with Gasteiger partial charge >= 0.3 is 0 Å². The molecule has 1 aliphatic heterocycles. The molecule has 1 N–H and O–H groups in total. The first-order chi connectivity index (χ1) is 7.72. The van der Waals surface area contributed by atoms with E-state index < -0.39 is 0 Å². The van der Waals surface area contributed by atoms with Crippen LogP contribution in [0.5, 0.6) is 0 Å². The maximum Gasteiger partial charge on any atom is 0.0613 e. The lowest BCUT2D eigenvalue weighted by atomic mass is 10.1. The highest BCUT2D eigenvalue weighted by molar-refractivity contribution is 4.69. The Kier molecular flexibility index (Phi) is 6.96. The predicted octanol–water partition coefficient (Wildman–Crippen LogP) is 0.579. The van der Waals surface area contributed by atoms with Crippen LogP contribution in [0.2, 0.25) is 0 Å². The van der Waals surface area contributed by atoms with Gasteiger partial charge in [0.15, 0.2) is 0 Å². The van der Waals surface area contributed by atoms with Gasteiger partial charge in [-0.25, -0.2) is 0 Å². The van der Waals surface area contributed by atoms with E-state index in [1.54, 1.807) is 7.11 Å². The molecule has 0 aromatic heterocycles. The van der Waals surface area contributed by atoms with Gasteiger partial charge in [-0.2, -0.15) is 0 Å². The Morgan fingerprint density at radius 3 is 2.62 bits per heavy atom. The van der Waals surface area contributed by atoms with Crippen LogP contribution < -0.4 is 5.32 Å². The molecule has 16 heavy (non-hydrogen) atoms. The molecule has 4 heteroatoms. The van der Waals surface area contributed by atoms with Gasteiger partial charge in [-0.1, -0.05) is 6.92 Å². The summed E-state index contributed by atoms with van der Waals surface area (Å²) in [7, 11) is 1.75. The SMILES string of the molecule is COC[C@@H](C)NC[C@@H](C)CN1CCOCC1. The zero-order chi connectivity index (χ0) is 11.8. The summed E-state index contributed by atoms with van der Waals surface area (Å²) in [6, 6.07) is 0.442. The van der Waals surface area contributed by atoms with Gasteiger partial charge in [0, 0.05) is 32.8 Å². The molecule has 4 nitrogen and oxygen atoms in total. The number of morpholine rings is 1. The summed E-state index contributed by atoms with van der Waals surface area (Å²) >= 11 is 0. The van der Waals surface area contributed by atoms with Crippen LogP contribution in [0.15, 0.2) is 0 Å². The highest BCUT2D eigenvalue weighted by atomic mass is 16.5. The average molecular weight is 230 g/mol. The van der Waals surface area contributed by atoms with E-state index in [0.717, 1.165) is 46.0 Å². The van der Waals surface area contributed by atoms with Crippen LogP contribution in [0.1, 0.15) is 13.8 Å². The quantitative estimate of drug-likeness (QED) is 0.694. The molecule has 0 unspecified atom stereocenters. The fraction of sp³-hybridized carbons (Fsp3) is 1.00. The maximum absolute atomic E-state index is 5.34. The normalized spacial score (nSPS) is 21.9. The van der Waals surface area contributed by atoms with Crippen molar-refractivity contribution in [2.75, 3.05) is 53.1 Å². The Balaban J connectivity index is 2.07. The first kappa shape index (κ1) is 13.9. The predicted molar refractivity (Wildman–Crippen MR) is 65.8 cm³/mol. The van der Waals surface area contributed by atoms with E-state index >= 15 is 0 Å².